The van der Waals surface area contributed by atoms with E-state index in [9.17, 15) is 19.5 Å². The Morgan fingerprint density at radius 3 is 2.46 bits per heavy atom. The van der Waals surface area contributed by atoms with Gasteiger partial charge in [0, 0.05) is 51.4 Å². The minimum absolute atomic E-state index is 0.0103. The molecule has 5 rings (SSSR count). The molecule has 10 heteroatoms. The van der Waals surface area contributed by atoms with Crippen LogP contribution in [0.5, 0.6) is 0 Å². The van der Waals surface area contributed by atoms with Crippen molar-refractivity contribution in [3.63, 3.8) is 0 Å². The largest absolute Gasteiger partial charge is 0.481 e. The molecule has 1 saturated heterocycles. The van der Waals surface area contributed by atoms with Gasteiger partial charge >= 0.3 is 5.97 Å². The second-order valence-corrected chi connectivity index (χ2v) is 11.1. The Bertz CT molecular complexity index is 1420. The van der Waals surface area contributed by atoms with E-state index in [0.29, 0.717) is 22.9 Å². The predicted molar refractivity (Wildman–Crippen MR) is 159 cm³/mol. The molecular weight excluding hydrogens is 542 g/mol. The number of hydrogen-bond acceptors (Lipinski definition) is 6. The molecule has 2 fully saturated rings. The molecule has 2 aliphatic rings. The van der Waals surface area contributed by atoms with Crippen LogP contribution in [0, 0.1) is 5.92 Å². The van der Waals surface area contributed by atoms with Gasteiger partial charge in [-0.3, -0.25) is 14.4 Å². The van der Waals surface area contributed by atoms with Gasteiger partial charge < -0.3 is 25.1 Å². The van der Waals surface area contributed by atoms with Crippen LogP contribution in [0.25, 0.3) is 11.1 Å². The number of nitrogens with zero attached hydrogens (tertiary/aromatic N) is 4. The molecule has 41 heavy (non-hydrogen) atoms. The number of carboxylic acid groups (broad SMARTS) is 1. The number of aliphatic carboxylic acids is 1. The third kappa shape index (κ3) is 7.42. The number of hydrogen-bond donors (Lipinski definition) is 2. The van der Waals surface area contributed by atoms with Gasteiger partial charge in [0.1, 0.15) is 5.15 Å². The molecule has 1 aliphatic carbocycles. The van der Waals surface area contributed by atoms with Gasteiger partial charge in [-0.25, -0.2) is 4.98 Å². The molecule has 9 nitrogen and oxygen atoms in total. The third-order valence-corrected chi connectivity index (χ3v) is 7.77. The number of likely N-dealkylation sites (N-methyl/N-ethyl adjacent to an activating group) is 1. The first kappa shape index (κ1) is 28.6. The molecule has 2 amide bonds. The van der Waals surface area contributed by atoms with Gasteiger partial charge in [0.2, 0.25) is 5.91 Å². The summed E-state index contributed by atoms with van der Waals surface area (Å²) in [5, 5.41) is 12.6. The second kappa shape index (κ2) is 12.7. The van der Waals surface area contributed by atoms with Gasteiger partial charge in [0.15, 0.2) is 0 Å². The maximum atomic E-state index is 13.2. The number of halogens is 1. The predicted octanol–water partition coefficient (Wildman–Crippen LogP) is 4.62. The molecular formula is C31H34ClN5O4. The molecule has 2 heterocycles. The Morgan fingerprint density at radius 1 is 1.02 bits per heavy atom. The van der Waals surface area contributed by atoms with Crippen molar-refractivity contribution in [3.8, 4) is 11.1 Å². The Kier molecular flexibility index (Phi) is 8.85. The quantitative estimate of drug-likeness (QED) is 0.340. The number of rotatable bonds is 10. The van der Waals surface area contributed by atoms with Gasteiger partial charge in [0.05, 0.1) is 23.4 Å². The molecule has 214 valence electrons. The molecule has 0 unspecified atom stereocenters. The maximum absolute atomic E-state index is 13.2. The van der Waals surface area contributed by atoms with Crippen molar-refractivity contribution < 1.29 is 19.5 Å². The van der Waals surface area contributed by atoms with E-state index in [0.717, 1.165) is 61.4 Å². The molecule has 1 aliphatic heterocycles. The van der Waals surface area contributed by atoms with E-state index >= 15 is 0 Å². The van der Waals surface area contributed by atoms with Crippen LogP contribution >= 0.6 is 11.6 Å². The smallest absolute Gasteiger partial charge is 0.305 e. The van der Waals surface area contributed by atoms with E-state index < -0.39 is 5.97 Å². The average molecular weight is 576 g/mol. The van der Waals surface area contributed by atoms with E-state index in [1.54, 1.807) is 17.0 Å². The van der Waals surface area contributed by atoms with E-state index in [1.807, 2.05) is 42.5 Å². The SMILES string of the molecule is CN1CCN(c2ccc(-c3cccc(CN(CCC(=O)O)C(=O)C4CC4)c3)cc2NC(=O)c2ccc(Cl)nc2)CC1. The standard InChI is InChI=1S/C31H34ClN5O4/c1-35-13-15-36(16-14-35)27-9-7-24(18-26(27)34-30(40)25-8-10-28(32)33-19-25)23-4-2-3-21(17-23)20-37(12-11-29(38)39)31(41)22-5-6-22/h2-4,7-10,17-19,22H,5-6,11-16,20H2,1H3,(H,34,40)(H,38,39). The lowest BCUT2D eigenvalue weighted by atomic mass is 10.0. The minimum atomic E-state index is -0.920. The zero-order valence-corrected chi connectivity index (χ0v) is 23.8. The minimum Gasteiger partial charge on any atom is -0.481 e. The molecule has 0 bridgehead atoms. The second-order valence-electron chi connectivity index (χ2n) is 10.7. The summed E-state index contributed by atoms with van der Waals surface area (Å²) in [6.45, 7) is 4.08. The first-order valence-electron chi connectivity index (χ1n) is 13.9. The highest BCUT2D eigenvalue weighted by Crippen LogP contribution is 2.34. The molecule has 1 aromatic heterocycles. The van der Waals surface area contributed by atoms with Gasteiger partial charge in [0.25, 0.3) is 5.91 Å². The number of carboxylic acids is 1. The summed E-state index contributed by atoms with van der Waals surface area (Å²) < 4.78 is 0. The van der Waals surface area contributed by atoms with Crippen molar-refractivity contribution in [1.29, 1.82) is 0 Å². The Hall–Kier alpha value is -3.95. The lowest BCUT2D eigenvalue weighted by molar-refractivity contribution is -0.139. The third-order valence-electron chi connectivity index (χ3n) is 7.55. The fraction of sp³-hybridized carbons (Fsp3) is 0.355. The number of pyridine rings is 1. The summed E-state index contributed by atoms with van der Waals surface area (Å²) in [6, 6.07) is 17.2. The summed E-state index contributed by atoms with van der Waals surface area (Å²) in [4.78, 5) is 47.5. The molecule has 0 radical (unpaired) electrons. The molecule has 2 aromatic carbocycles. The zero-order chi connectivity index (χ0) is 28.9. The highest BCUT2D eigenvalue weighted by Gasteiger charge is 2.33. The topological polar surface area (TPSA) is 106 Å². The number of anilines is 2. The summed E-state index contributed by atoms with van der Waals surface area (Å²) in [5.74, 6) is -1.16. The van der Waals surface area contributed by atoms with Gasteiger partial charge in [-0.2, -0.15) is 0 Å². The van der Waals surface area contributed by atoms with Crippen molar-refractivity contribution in [2.75, 3.05) is 50.0 Å². The van der Waals surface area contributed by atoms with Crippen LogP contribution in [-0.2, 0) is 16.1 Å². The van der Waals surface area contributed by atoms with Gasteiger partial charge in [-0.15, -0.1) is 0 Å². The van der Waals surface area contributed by atoms with Crippen LogP contribution in [0.2, 0.25) is 5.15 Å². The lowest BCUT2D eigenvalue weighted by Crippen LogP contribution is -2.44. The number of amides is 2. The molecule has 1 saturated carbocycles. The Morgan fingerprint density at radius 2 is 1.78 bits per heavy atom. The van der Waals surface area contributed by atoms with Crippen LogP contribution in [0.1, 0.15) is 35.2 Å². The zero-order valence-electron chi connectivity index (χ0n) is 23.1. The number of nitrogens with one attached hydrogen (secondary N) is 1. The summed E-state index contributed by atoms with van der Waals surface area (Å²) in [7, 11) is 2.10. The number of aromatic nitrogens is 1. The van der Waals surface area contributed by atoms with Crippen molar-refractivity contribution >= 4 is 40.8 Å². The van der Waals surface area contributed by atoms with Crippen molar-refractivity contribution in [1.82, 2.24) is 14.8 Å². The molecule has 0 spiro atoms. The van der Waals surface area contributed by atoms with Crippen molar-refractivity contribution in [2.45, 2.75) is 25.8 Å². The number of benzene rings is 2. The summed E-state index contributed by atoms with van der Waals surface area (Å²) in [6.07, 6.45) is 3.10. The van der Waals surface area contributed by atoms with Crippen LogP contribution in [-0.4, -0.2) is 77.4 Å². The monoisotopic (exact) mass is 575 g/mol. The van der Waals surface area contributed by atoms with E-state index in [4.69, 9.17) is 11.6 Å². The Labute approximate surface area is 244 Å². The normalized spacial score (nSPS) is 15.4. The molecule has 3 aromatic rings. The van der Waals surface area contributed by atoms with Crippen molar-refractivity contribution in [2.24, 2.45) is 5.92 Å². The van der Waals surface area contributed by atoms with Crippen LogP contribution in [0.15, 0.2) is 60.8 Å². The van der Waals surface area contributed by atoms with E-state index in [1.165, 1.54) is 6.20 Å². The van der Waals surface area contributed by atoms with Crippen molar-refractivity contribution in [3.05, 3.63) is 77.1 Å². The first-order valence-corrected chi connectivity index (χ1v) is 14.2. The maximum Gasteiger partial charge on any atom is 0.305 e. The van der Waals surface area contributed by atoms with E-state index in [-0.39, 0.29) is 30.7 Å². The number of carbonyl (C=O) groups excluding carboxylic acids is 2. The molecule has 0 atom stereocenters. The molecule has 2 N–H and O–H groups in total. The first-order chi connectivity index (χ1) is 19.8. The fourth-order valence-corrected chi connectivity index (χ4v) is 5.11. The lowest BCUT2D eigenvalue weighted by Gasteiger charge is -2.35. The fourth-order valence-electron chi connectivity index (χ4n) is 5.00. The highest BCUT2D eigenvalue weighted by atomic mass is 35.5. The number of piperazine rings is 1. The van der Waals surface area contributed by atoms with Gasteiger partial charge in [-0.1, -0.05) is 35.9 Å². The van der Waals surface area contributed by atoms with Crippen LogP contribution in [0.4, 0.5) is 11.4 Å². The number of carbonyl (C=O) groups is 3. The van der Waals surface area contributed by atoms with Gasteiger partial charge in [-0.05, 0) is 66.9 Å². The van der Waals surface area contributed by atoms with Crippen LogP contribution < -0.4 is 10.2 Å². The van der Waals surface area contributed by atoms with E-state index in [2.05, 4.69) is 27.1 Å². The Balaban J connectivity index is 1.42. The summed E-state index contributed by atoms with van der Waals surface area (Å²) >= 11 is 5.91. The van der Waals surface area contributed by atoms with Crippen LogP contribution in [0.3, 0.4) is 0 Å². The highest BCUT2D eigenvalue weighted by molar-refractivity contribution is 6.29. The average Bonchev–Trinajstić information content (AvgIpc) is 3.82. The summed E-state index contributed by atoms with van der Waals surface area (Å²) in [5.41, 5.74) is 4.83.